The van der Waals surface area contributed by atoms with Gasteiger partial charge in [-0.2, -0.15) is 0 Å². The van der Waals surface area contributed by atoms with Gasteiger partial charge in [0.25, 0.3) is 0 Å². The molecule has 3 aliphatic rings. The smallest absolute Gasteiger partial charge is 0.104 e. The Morgan fingerprint density at radius 3 is 2.67 bits per heavy atom. The normalized spacial score (nSPS) is 43.0. The summed E-state index contributed by atoms with van der Waals surface area (Å²) in [4.78, 5) is 5.24. The molecule has 4 atom stereocenters. The van der Waals surface area contributed by atoms with Crippen LogP contribution >= 0.6 is 0 Å². The van der Waals surface area contributed by atoms with Gasteiger partial charge in [-0.1, -0.05) is 12.8 Å². The zero-order chi connectivity index (χ0) is 12.5. The van der Waals surface area contributed by atoms with Crippen molar-refractivity contribution in [1.82, 2.24) is 9.80 Å². The van der Waals surface area contributed by atoms with Crippen LogP contribution in [0, 0.1) is 5.92 Å². The van der Waals surface area contributed by atoms with E-state index >= 15 is 0 Å². The molecule has 3 rings (SSSR count). The number of rotatable bonds is 2. The van der Waals surface area contributed by atoms with E-state index in [-0.39, 0.29) is 0 Å². The van der Waals surface area contributed by atoms with E-state index in [1.54, 1.807) is 0 Å². The first-order valence-electron chi connectivity index (χ1n) is 7.89. The molecular formula is C15H27FN2. The second-order valence-electron chi connectivity index (χ2n) is 6.58. The zero-order valence-electron chi connectivity index (χ0n) is 11.7. The van der Waals surface area contributed by atoms with Gasteiger partial charge in [-0.15, -0.1) is 0 Å². The molecule has 2 saturated heterocycles. The third-order valence-electron chi connectivity index (χ3n) is 5.29. The van der Waals surface area contributed by atoms with Crippen molar-refractivity contribution in [2.75, 3.05) is 19.6 Å². The first-order chi connectivity index (χ1) is 8.75. The standard InChI is InChI=1S/C15H27FN2/c1-12-10-17-9-5-4-8-15(17)18(12)11-13-6-2-3-7-14(13)16/h12-15H,2-11H2,1H3. The van der Waals surface area contributed by atoms with Crippen molar-refractivity contribution in [1.29, 1.82) is 0 Å². The third kappa shape index (κ3) is 2.44. The van der Waals surface area contributed by atoms with Crippen LogP contribution in [-0.2, 0) is 0 Å². The molecule has 2 aliphatic heterocycles. The summed E-state index contributed by atoms with van der Waals surface area (Å²) in [6.07, 6.45) is 8.35. The summed E-state index contributed by atoms with van der Waals surface area (Å²) < 4.78 is 14.0. The molecule has 4 unspecified atom stereocenters. The van der Waals surface area contributed by atoms with Gasteiger partial charge in [0, 0.05) is 25.0 Å². The van der Waals surface area contributed by atoms with Gasteiger partial charge < -0.3 is 0 Å². The average Bonchev–Trinajstić information content (AvgIpc) is 2.69. The molecular weight excluding hydrogens is 227 g/mol. The van der Waals surface area contributed by atoms with E-state index in [2.05, 4.69) is 16.7 Å². The average molecular weight is 254 g/mol. The number of nitrogens with zero attached hydrogens (tertiary/aromatic N) is 2. The van der Waals surface area contributed by atoms with Crippen molar-refractivity contribution in [3.8, 4) is 0 Å². The Balaban J connectivity index is 1.63. The number of halogens is 1. The van der Waals surface area contributed by atoms with Crippen LogP contribution in [0.5, 0.6) is 0 Å². The molecule has 0 aromatic carbocycles. The van der Waals surface area contributed by atoms with Crippen LogP contribution in [-0.4, -0.2) is 47.8 Å². The summed E-state index contributed by atoms with van der Waals surface area (Å²) in [5.74, 6) is 0.308. The molecule has 1 saturated carbocycles. The summed E-state index contributed by atoms with van der Waals surface area (Å²) >= 11 is 0. The van der Waals surface area contributed by atoms with Gasteiger partial charge in [-0.3, -0.25) is 9.80 Å². The molecule has 0 amide bonds. The molecule has 1 aliphatic carbocycles. The Labute approximate surface area is 111 Å². The highest BCUT2D eigenvalue weighted by atomic mass is 19.1. The molecule has 0 radical (unpaired) electrons. The predicted molar refractivity (Wildman–Crippen MR) is 72.2 cm³/mol. The van der Waals surface area contributed by atoms with Gasteiger partial charge in [0.05, 0.1) is 6.17 Å². The largest absolute Gasteiger partial charge is 0.286 e. The number of piperidine rings is 1. The molecule has 2 heterocycles. The quantitative estimate of drug-likeness (QED) is 0.747. The number of hydrogen-bond donors (Lipinski definition) is 0. The molecule has 0 aromatic heterocycles. The lowest BCUT2D eigenvalue weighted by Gasteiger charge is -2.38. The minimum absolute atomic E-state index is 0.308. The second kappa shape index (κ2) is 5.46. The Morgan fingerprint density at radius 1 is 1.06 bits per heavy atom. The van der Waals surface area contributed by atoms with Gasteiger partial charge in [-0.25, -0.2) is 4.39 Å². The summed E-state index contributed by atoms with van der Waals surface area (Å²) in [5, 5.41) is 0. The van der Waals surface area contributed by atoms with Crippen LogP contribution in [0.4, 0.5) is 4.39 Å². The summed E-state index contributed by atoms with van der Waals surface area (Å²) in [7, 11) is 0. The van der Waals surface area contributed by atoms with E-state index in [9.17, 15) is 4.39 Å². The van der Waals surface area contributed by atoms with E-state index in [0.29, 0.717) is 18.1 Å². The van der Waals surface area contributed by atoms with Gasteiger partial charge in [0.15, 0.2) is 0 Å². The van der Waals surface area contributed by atoms with Gasteiger partial charge in [-0.05, 0) is 45.6 Å². The van der Waals surface area contributed by atoms with Crippen molar-refractivity contribution in [2.45, 2.75) is 70.2 Å². The minimum atomic E-state index is -0.538. The maximum Gasteiger partial charge on any atom is 0.104 e. The summed E-state index contributed by atoms with van der Waals surface area (Å²) in [6.45, 7) is 5.79. The zero-order valence-corrected chi connectivity index (χ0v) is 11.7. The lowest BCUT2D eigenvalue weighted by molar-refractivity contribution is 0.0481. The van der Waals surface area contributed by atoms with Crippen molar-refractivity contribution >= 4 is 0 Å². The van der Waals surface area contributed by atoms with Gasteiger partial charge in [0.2, 0.25) is 0 Å². The minimum Gasteiger partial charge on any atom is -0.286 e. The second-order valence-corrected chi connectivity index (χ2v) is 6.58. The molecule has 18 heavy (non-hydrogen) atoms. The van der Waals surface area contributed by atoms with Crippen LogP contribution in [0.2, 0.25) is 0 Å². The number of fused-ring (bicyclic) bond motifs is 1. The summed E-state index contributed by atoms with van der Waals surface area (Å²) in [5.41, 5.74) is 0. The molecule has 2 nitrogen and oxygen atoms in total. The van der Waals surface area contributed by atoms with Crippen LogP contribution in [0.3, 0.4) is 0 Å². The molecule has 3 heteroatoms. The summed E-state index contributed by atoms with van der Waals surface area (Å²) in [6, 6.07) is 0.627. The highest BCUT2D eigenvalue weighted by Gasteiger charge is 2.40. The molecule has 104 valence electrons. The highest BCUT2D eigenvalue weighted by molar-refractivity contribution is 4.92. The fourth-order valence-electron chi connectivity index (χ4n) is 4.24. The number of hydrogen-bond acceptors (Lipinski definition) is 2. The van der Waals surface area contributed by atoms with Crippen LogP contribution in [0.15, 0.2) is 0 Å². The lowest BCUT2D eigenvalue weighted by Crippen LogP contribution is -2.46. The molecule has 0 N–H and O–H groups in total. The van der Waals surface area contributed by atoms with Crippen LogP contribution < -0.4 is 0 Å². The maximum absolute atomic E-state index is 14.0. The molecule has 0 aromatic rings. The van der Waals surface area contributed by atoms with Gasteiger partial charge in [0.1, 0.15) is 6.17 Å². The first-order valence-corrected chi connectivity index (χ1v) is 7.89. The Morgan fingerprint density at radius 2 is 1.83 bits per heavy atom. The maximum atomic E-state index is 14.0. The van der Waals surface area contributed by atoms with Crippen molar-refractivity contribution in [3.05, 3.63) is 0 Å². The first kappa shape index (κ1) is 12.9. The monoisotopic (exact) mass is 254 g/mol. The molecule has 0 spiro atoms. The van der Waals surface area contributed by atoms with E-state index in [0.717, 1.165) is 25.8 Å². The Bertz CT molecular complexity index is 284. The van der Waals surface area contributed by atoms with E-state index in [1.165, 1.54) is 38.8 Å². The fourth-order valence-corrected chi connectivity index (χ4v) is 4.24. The lowest BCUT2D eigenvalue weighted by atomic mass is 9.87. The highest BCUT2D eigenvalue weighted by Crippen LogP contribution is 2.33. The molecule has 0 bridgehead atoms. The Kier molecular flexibility index (Phi) is 3.90. The fraction of sp³-hybridized carbons (Fsp3) is 1.00. The van der Waals surface area contributed by atoms with Crippen molar-refractivity contribution in [3.63, 3.8) is 0 Å². The van der Waals surface area contributed by atoms with Crippen LogP contribution in [0.25, 0.3) is 0 Å². The van der Waals surface area contributed by atoms with E-state index in [4.69, 9.17) is 0 Å². The number of alkyl halides is 1. The third-order valence-corrected chi connectivity index (χ3v) is 5.29. The predicted octanol–water partition coefficient (Wildman–Crippen LogP) is 3.03. The van der Waals surface area contributed by atoms with Crippen molar-refractivity contribution < 1.29 is 4.39 Å². The topological polar surface area (TPSA) is 6.48 Å². The van der Waals surface area contributed by atoms with E-state index < -0.39 is 6.17 Å². The van der Waals surface area contributed by atoms with Crippen LogP contribution in [0.1, 0.15) is 51.9 Å². The van der Waals surface area contributed by atoms with Gasteiger partial charge >= 0.3 is 0 Å². The SMILES string of the molecule is CC1CN2CCCCC2N1CC1CCCCC1F. The van der Waals surface area contributed by atoms with Crippen molar-refractivity contribution in [2.24, 2.45) is 5.92 Å². The molecule has 3 fully saturated rings. The van der Waals surface area contributed by atoms with E-state index in [1.807, 2.05) is 0 Å². The Hall–Kier alpha value is -0.150.